The summed E-state index contributed by atoms with van der Waals surface area (Å²) in [7, 11) is 2.34. The van der Waals surface area contributed by atoms with Crippen molar-refractivity contribution in [2.75, 3.05) is 14.7 Å². The number of hydrogen-bond donors (Lipinski definition) is 0. The summed E-state index contributed by atoms with van der Waals surface area (Å²) in [5, 5.41) is 1.26. The van der Waals surface area contributed by atoms with Crippen molar-refractivity contribution in [3.05, 3.63) is 252 Å². The number of nitrogens with zero attached hydrogens (tertiary/aromatic N) is 4. The fourth-order valence-electron chi connectivity index (χ4n) is 14.2. The van der Waals surface area contributed by atoms with E-state index >= 15 is 0 Å². The Morgan fingerprint density at radius 1 is 0.326 bits per heavy atom. The van der Waals surface area contributed by atoms with Gasteiger partial charge in [0.05, 0.1) is 11.4 Å². The third-order valence-corrected chi connectivity index (χ3v) is 19.7. The number of fused-ring (bicyclic) bond motifs is 6. The zero-order valence-electron chi connectivity index (χ0n) is 58.2. The lowest BCUT2D eigenvalue weighted by atomic mass is 9.35. The first kappa shape index (κ1) is 62.0. The van der Waals surface area contributed by atoms with Gasteiger partial charge in [0.25, 0.3) is 6.71 Å². The van der Waals surface area contributed by atoms with Crippen molar-refractivity contribution in [2.45, 2.75) is 157 Å². The summed E-state index contributed by atoms with van der Waals surface area (Å²) in [6, 6.07) is 84.2. The molecule has 3 heterocycles. The second-order valence-electron chi connectivity index (χ2n) is 32.5. The van der Waals surface area contributed by atoms with E-state index in [1.54, 1.807) is 0 Å². The van der Waals surface area contributed by atoms with Gasteiger partial charge in [-0.25, -0.2) is 0 Å². The number of anilines is 9. The van der Waals surface area contributed by atoms with Gasteiger partial charge in [0.1, 0.15) is 0 Å². The molecule has 1 aromatic heterocycles. The molecule has 0 bridgehead atoms. The highest BCUT2D eigenvalue weighted by Crippen LogP contribution is 2.53. The van der Waals surface area contributed by atoms with E-state index < -0.39 is 0 Å². The van der Waals surface area contributed by atoms with E-state index in [0.29, 0.717) is 0 Å². The van der Waals surface area contributed by atoms with Crippen LogP contribution in [-0.4, -0.2) is 11.3 Å². The van der Waals surface area contributed by atoms with Gasteiger partial charge in [0.2, 0.25) is 0 Å². The first-order valence-electron chi connectivity index (χ1n) is 33.4. The molecule has 0 aliphatic carbocycles. The third kappa shape index (κ3) is 11.1. The van der Waals surface area contributed by atoms with Crippen LogP contribution in [0.25, 0.3) is 44.3 Å². The normalized spacial score (nSPS) is 13.5. The van der Waals surface area contributed by atoms with Gasteiger partial charge >= 0.3 is 0 Å². The second-order valence-corrected chi connectivity index (χ2v) is 32.5. The van der Waals surface area contributed by atoms with Crippen LogP contribution in [0, 0.1) is 0 Å². The molecular formula is C87H93BN4. The molecule has 0 radical (unpaired) electrons. The predicted molar refractivity (Wildman–Crippen MR) is 400 cm³/mol. The number of hydrogen-bond acceptors (Lipinski definition) is 3. The zero-order valence-corrected chi connectivity index (χ0v) is 58.2. The van der Waals surface area contributed by atoms with Crippen molar-refractivity contribution in [1.82, 2.24) is 4.57 Å². The summed E-state index contributed by atoms with van der Waals surface area (Å²) in [6.07, 6.45) is 0. The molecule has 0 amide bonds. The molecule has 0 spiro atoms. The molecule has 2 aliphatic rings. The van der Waals surface area contributed by atoms with Crippen LogP contribution >= 0.6 is 0 Å². The molecule has 0 N–H and O–H groups in total. The Labute approximate surface area is 550 Å². The maximum atomic E-state index is 2.71. The molecule has 11 aromatic rings. The van der Waals surface area contributed by atoms with E-state index in [-0.39, 0.29) is 39.2 Å². The SMILES string of the molecule is Cn1c2c(c3cc(C(C)(C)C)ccc31)N(c1cc(C(C)(C)C)cc(C(C)(C)C)c1)c1cc(-c3ccccc3-c3ccccc3)cc3c1B2c1ccc(N(c2ccc(C(C)(C)C)cc2)c2ccccc2-c2ccccc2)cc1N3c1cc(C(C)(C)C)cc(C(C)(C)C)c1. The maximum Gasteiger partial charge on any atom is 0.272 e. The van der Waals surface area contributed by atoms with Crippen LogP contribution in [-0.2, 0) is 39.5 Å². The standard InChI is InChI=1S/C87H93BN4/c1-82(2,3)59-38-41-65(42-39-59)90(75-37-29-28-36-71(75)57-32-24-21-25-33-57)66-43-44-73-76(55-66)91(67-50-61(84(7,8)9)48-62(51-67)85(10,11)12)77-46-58(70-35-27-26-34-69(70)56-30-22-20-23-31-56)47-78-79(77)88(73)81-80(72-54-60(83(4,5)6)40-45-74(72)89(81)19)92(78)68-52-63(86(13,14)15)49-64(53-68)87(16,17)18/h20-55H,1-19H3. The molecule has 2 aliphatic heterocycles. The number of aromatic nitrogens is 1. The van der Waals surface area contributed by atoms with Gasteiger partial charge in [-0.2, -0.15) is 0 Å². The van der Waals surface area contributed by atoms with E-state index in [1.165, 1.54) is 111 Å². The number of benzene rings is 10. The highest BCUT2D eigenvalue weighted by molar-refractivity contribution is 7.00. The Balaban J connectivity index is 1.22. The van der Waals surface area contributed by atoms with Crippen LogP contribution < -0.4 is 31.2 Å². The topological polar surface area (TPSA) is 14.7 Å². The van der Waals surface area contributed by atoms with Gasteiger partial charge in [-0.1, -0.05) is 264 Å². The lowest BCUT2D eigenvalue weighted by Crippen LogP contribution is -2.62. The quantitative estimate of drug-likeness (QED) is 0.141. The minimum Gasteiger partial charge on any atom is -0.353 e. The smallest absolute Gasteiger partial charge is 0.272 e. The third-order valence-electron chi connectivity index (χ3n) is 19.7. The van der Waals surface area contributed by atoms with Gasteiger partial charge in [-0.3, -0.25) is 0 Å². The van der Waals surface area contributed by atoms with E-state index in [1.807, 2.05) is 0 Å². The van der Waals surface area contributed by atoms with Crippen molar-refractivity contribution in [1.29, 1.82) is 0 Å². The first-order chi connectivity index (χ1) is 43.3. The summed E-state index contributed by atoms with van der Waals surface area (Å²) >= 11 is 0. The number of rotatable bonds is 8. The van der Waals surface area contributed by atoms with Crippen LogP contribution in [0.15, 0.2) is 218 Å². The molecule has 4 nitrogen and oxygen atoms in total. The summed E-state index contributed by atoms with van der Waals surface area (Å²) in [4.78, 5) is 7.92. The molecule has 0 saturated carbocycles. The number of aryl methyl sites for hydroxylation is 1. The largest absolute Gasteiger partial charge is 0.353 e. The minimum atomic E-state index is -0.183. The highest BCUT2D eigenvalue weighted by Gasteiger charge is 2.47. The Hall–Kier alpha value is -8.80. The van der Waals surface area contributed by atoms with Gasteiger partial charge in [-0.05, 0) is 183 Å². The molecule has 0 saturated heterocycles. The van der Waals surface area contributed by atoms with Crippen molar-refractivity contribution in [3.8, 4) is 33.4 Å². The van der Waals surface area contributed by atoms with Gasteiger partial charge in [0.15, 0.2) is 0 Å². The Morgan fingerprint density at radius 2 is 0.750 bits per heavy atom. The van der Waals surface area contributed by atoms with E-state index in [2.05, 4.69) is 369 Å². The maximum absolute atomic E-state index is 2.71. The summed E-state index contributed by atoms with van der Waals surface area (Å²) in [5.74, 6) is 0. The zero-order chi connectivity index (χ0) is 65.4. The molecule has 0 fully saturated rings. The molecular weight excluding hydrogens is 1110 g/mol. The van der Waals surface area contributed by atoms with Gasteiger partial charge in [0, 0.05) is 68.9 Å². The Kier molecular flexibility index (Phi) is 15.0. The Bertz CT molecular complexity index is 4570. The van der Waals surface area contributed by atoms with E-state index in [0.717, 1.165) is 34.0 Å². The molecule has 10 aromatic carbocycles. The molecule has 92 heavy (non-hydrogen) atoms. The molecule has 464 valence electrons. The van der Waals surface area contributed by atoms with Crippen molar-refractivity contribution >= 4 is 85.3 Å². The van der Waals surface area contributed by atoms with Crippen molar-refractivity contribution in [2.24, 2.45) is 7.05 Å². The van der Waals surface area contributed by atoms with Crippen molar-refractivity contribution < 1.29 is 0 Å². The van der Waals surface area contributed by atoms with Crippen LogP contribution in [0.4, 0.5) is 51.2 Å². The fourth-order valence-corrected chi connectivity index (χ4v) is 14.2. The molecule has 5 heteroatoms. The average Bonchev–Trinajstić information content (AvgIpc) is 1.39. The molecule has 0 unspecified atom stereocenters. The van der Waals surface area contributed by atoms with E-state index in [9.17, 15) is 0 Å². The first-order valence-corrected chi connectivity index (χ1v) is 33.4. The molecule has 0 atom stereocenters. The van der Waals surface area contributed by atoms with Crippen molar-refractivity contribution in [3.63, 3.8) is 0 Å². The lowest BCUT2D eigenvalue weighted by molar-refractivity contribution is 0.568. The predicted octanol–water partition coefficient (Wildman–Crippen LogP) is 22.5. The van der Waals surface area contributed by atoms with Crippen LogP contribution in [0.5, 0.6) is 0 Å². The second kappa shape index (κ2) is 22.2. The summed E-state index contributed by atoms with van der Waals surface area (Å²) in [5.41, 5.74) is 29.7. The van der Waals surface area contributed by atoms with Crippen LogP contribution in [0.2, 0.25) is 0 Å². The summed E-state index contributed by atoms with van der Waals surface area (Å²) in [6.45, 7) is 42.2. The monoisotopic (exact) mass is 1200 g/mol. The fraction of sp³-hybridized carbons (Fsp3) is 0.287. The highest BCUT2D eigenvalue weighted by atomic mass is 15.2. The van der Waals surface area contributed by atoms with E-state index in [4.69, 9.17) is 0 Å². The molecule has 13 rings (SSSR count). The lowest BCUT2D eigenvalue weighted by Gasteiger charge is -2.45. The number of para-hydroxylation sites is 1. The van der Waals surface area contributed by atoms with Crippen LogP contribution in [0.1, 0.15) is 158 Å². The van der Waals surface area contributed by atoms with Gasteiger partial charge in [-0.15, -0.1) is 0 Å². The van der Waals surface area contributed by atoms with Crippen LogP contribution in [0.3, 0.4) is 0 Å². The minimum absolute atomic E-state index is 0.0212. The average molecular weight is 1210 g/mol. The summed E-state index contributed by atoms with van der Waals surface area (Å²) < 4.78 is 2.56. The Morgan fingerprint density at radius 3 is 1.26 bits per heavy atom. The van der Waals surface area contributed by atoms with Gasteiger partial charge < -0.3 is 19.3 Å².